The lowest BCUT2D eigenvalue weighted by Crippen LogP contribution is -2.38. The zero-order chi connectivity index (χ0) is 16.6. The number of nitrogens with zero attached hydrogens (tertiary/aromatic N) is 4. The van der Waals surface area contributed by atoms with Crippen molar-refractivity contribution in [2.24, 2.45) is 0 Å². The lowest BCUT2D eigenvalue weighted by Gasteiger charge is -2.22. The molecule has 2 heterocycles. The predicted octanol–water partition coefficient (Wildman–Crippen LogP) is 2.33. The quantitative estimate of drug-likeness (QED) is 0.689. The molecule has 0 bridgehead atoms. The first-order chi connectivity index (χ1) is 11.0. The van der Waals surface area contributed by atoms with Crippen LogP contribution in [-0.2, 0) is 0 Å². The van der Waals surface area contributed by atoms with Crippen LogP contribution in [0.2, 0.25) is 0 Å². The van der Waals surface area contributed by atoms with Crippen molar-refractivity contribution in [1.82, 2.24) is 9.88 Å². The molecule has 0 saturated carbocycles. The molecule has 1 saturated heterocycles. The molecule has 1 atom stereocenters. The number of likely N-dealkylation sites (N-methyl/N-ethyl adjacent to an activating group) is 1. The van der Waals surface area contributed by atoms with Crippen molar-refractivity contribution in [1.29, 1.82) is 0 Å². The second kappa shape index (κ2) is 5.71. The summed E-state index contributed by atoms with van der Waals surface area (Å²) in [4.78, 5) is 29.3. The highest BCUT2D eigenvalue weighted by Gasteiger charge is 2.29. The van der Waals surface area contributed by atoms with Crippen molar-refractivity contribution in [2.75, 3.05) is 25.0 Å². The van der Waals surface area contributed by atoms with Crippen molar-refractivity contribution in [3.05, 3.63) is 40.4 Å². The van der Waals surface area contributed by atoms with Gasteiger partial charge >= 0.3 is 6.09 Å². The van der Waals surface area contributed by atoms with Gasteiger partial charge in [0.15, 0.2) is 0 Å². The lowest BCUT2D eigenvalue weighted by molar-refractivity contribution is -0.384. The summed E-state index contributed by atoms with van der Waals surface area (Å²) in [6.07, 6.45) is -0.182. The summed E-state index contributed by atoms with van der Waals surface area (Å²) in [6.45, 7) is 1.32. The van der Waals surface area contributed by atoms with Gasteiger partial charge in [0, 0.05) is 37.7 Å². The third-order valence-corrected chi connectivity index (χ3v) is 4.21. The minimum atomic E-state index is -0.935. The van der Waals surface area contributed by atoms with E-state index in [2.05, 4.69) is 4.98 Å². The van der Waals surface area contributed by atoms with Gasteiger partial charge in [0.2, 0.25) is 0 Å². The number of benzene rings is 1. The van der Waals surface area contributed by atoms with Gasteiger partial charge in [-0.1, -0.05) is 0 Å². The Morgan fingerprint density at radius 3 is 2.91 bits per heavy atom. The van der Waals surface area contributed by atoms with E-state index in [9.17, 15) is 14.9 Å². The Balaban J connectivity index is 1.83. The van der Waals surface area contributed by atoms with Gasteiger partial charge in [-0.15, -0.1) is 0 Å². The van der Waals surface area contributed by atoms with Crippen molar-refractivity contribution >= 4 is 28.5 Å². The van der Waals surface area contributed by atoms with Gasteiger partial charge in [0.25, 0.3) is 5.69 Å². The van der Waals surface area contributed by atoms with Crippen LogP contribution in [-0.4, -0.2) is 52.2 Å². The first kappa shape index (κ1) is 15.0. The fourth-order valence-electron chi connectivity index (χ4n) is 2.81. The Morgan fingerprint density at radius 2 is 2.22 bits per heavy atom. The number of hydrogen-bond acceptors (Lipinski definition) is 5. The van der Waals surface area contributed by atoms with Crippen LogP contribution in [0.3, 0.4) is 0 Å². The van der Waals surface area contributed by atoms with Gasteiger partial charge in [0.05, 0.1) is 16.5 Å². The third kappa shape index (κ3) is 2.87. The zero-order valence-electron chi connectivity index (χ0n) is 12.5. The molecule has 0 spiro atoms. The molecule has 1 N–H and O–H groups in total. The molecule has 1 amide bonds. The van der Waals surface area contributed by atoms with E-state index in [-0.39, 0.29) is 11.7 Å². The van der Waals surface area contributed by atoms with E-state index < -0.39 is 11.0 Å². The number of fused-ring (bicyclic) bond motifs is 1. The summed E-state index contributed by atoms with van der Waals surface area (Å²) < 4.78 is 0. The van der Waals surface area contributed by atoms with Gasteiger partial charge in [-0.05, 0) is 24.6 Å². The predicted molar refractivity (Wildman–Crippen MR) is 84.8 cm³/mol. The average molecular weight is 316 g/mol. The molecule has 1 aromatic carbocycles. The van der Waals surface area contributed by atoms with E-state index in [1.165, 1.54) is 17.0 Å². The highest BCUT2D eigenvalue weighted by Crippen LogP contribution is 2.25. The summed E-state index contributed by atoms with van der Waals surface area (Å²) in [5.74, 6) is 0.757. The van der Waals surface area contributed by atoms with Crippen LogP contribution < -0.4 is 4.90 Å². The molecule has 2 aromatic rings. The van der Waals surface area contributed by atoms with E-state index in [1.54, 1.807) is 19.2 Å². The monoisotopic (exact) mass is 316 g/mol. The molecule has 0 aliphatic carbocycles. The molecule has 3 rings (SSSR count). The normalized spacial score (nSPS) is 17.4. The first-order valence-electron chi connectivity index (χ1n) is 7.21. The molecule has 0 radical (unpaired) electrons. The molecule has 23 heavy (non-hydrogen) atoms. The van der Waals surface area contributed by atoms with Crippen LogP contribution >= 0.6 is 0 Å². The summed E-state index contributed by atoms with van der Waals surface area (Å²) in [7, 11) is 1.57. The van der Waals surface area contributed by atoms with Gasteiger partial charge in [-0.2, -0.15) is 0 Å². The minimum absolute atomic E-state index is 0.0383. The smallest absolute Gasteiger partial charge is 0.407 e. The average Bonchev–Trinajstić information content (AvgIpc) is 3.02. The summed E-state index contributed by atoms with van der Waals surface area (Å²) in [5.41, 5.74) is 0.722. The van der Waals surface area contributed by atoms with Crippen LogP contribution in [0.25, 0.3) is 10.9 Å². The number of nitro benzene ring substituents is 1. The van der Waals surface area contributed by atoms with Crippen molar-refractivity contribution in [3.8, 4) is 0 Å². The highest BCUT2D eigenvalue weighted by molar-refractivity contribution is 5.82. The van der Waals surface area contributed by atoms with Crippen LogP contribution in [0.1, 0.15) is 6.42 Å². The van der Waals surface area contributed by atoms with Gasteiger partial charge < -0.3 is 14.9 Å². The molecule has 1 fully saturated rings. The standard InChI is InChI=1S/C15H16N4O4/c1-17(15(20)21)12-6-7-18(9-12)14-5-2-10-8-11(19(22)23)3-4-13(10)16-14/h2-5,8,12H,6-7,9H2,1H3,(H,20,21)/t12-/m1/s1. The van der Waals surface area contributed by atoms with Crippen molar-refractivity contribution < 1.29 is 14.8 Å². The first-order valence-corrected chi connectivity index (χ1v) is 7.21. The maximum atomic E-state index is 11.0. The number of hydrogen-bond donors (Lipinski definition) is 1. The number of anilines is 1. The molecule has 0 unspecified atom stereocenters. The number of pyridine rings is 1. The Labute approximate surface area is 132 Å². The number of nitro groups is 1. The van der Waals surface area contributed by atoms with E-state index >= 15 is 0 Å². The molecule has 8 heteroatoms. The largest absolute Gasteiger partial charge is 0.465 e. The maximum Gasteiger partial charge on any atom is 0.407 e. The van der Waals surface area contributed by atoms with E-state index in [0.717, 1.165) is 18.8 Å². The number of carboxylic acid groups (broad SMARTS) is 1. The number of amides is 1. The number of rotatable bonds is 3. The van der Waals surface area contributed by atoms with Crippen LogP contribution in [0.4, 0.5) is 16.3 Å². The maximum absolute atomic E-state index is 11.0. The van der Waals surface area contributed by atoms with E-state index in [1.807, 2.05) is 11.0 Å². The van der Waals surface area contributed by atoms with Crippen LogP contribution in [0, 0.1) is 10.1 Å². The number of aromatic nitrogens is 1. The van der Waals surface area contributed by atoms with Gasteiger partial charge in [0.1, 0.15) is 5.82 Å². The summed E-state index contributed by atoms with van der Waals surface area (Å²) >= 11 is 0. The fourth-order valence-corrected chi connectivity index (χ4v) is 2.81. The Morgan fingerprint density at radius 1 is 1.43 bits per heavy atom. The van der Waals surface area contributed by atoms with Gasteiger partial charge in [-0.3, -0.25) is 10.1 Å². The van der Waals surface area contributed by atoms with Crippen molar-refractivity contribution in [2.45, 2.75) is 12.5 Å². The minimum Gasteiger partial charge on any atom is -0.465 e. The van der Waals surface area contributed by atoms with Crippen LogP contribution in [0.5, 0.6) is 0 Å². The summed E-state index contributed by atoms with van der Waals surface area (Å²) in [5, 5.41) is 20.6. The third-order valence-electron chi connectivity index (χ3n) is 4.21. The topological polar surface area (TPSA) is 99.8 Å². The zero-order valence-corrected chi connectivity index (χ0v) is 12.5. The molecule has 1 aromatic heterocycles. The van der Waals surface area contributed by atoms with Crippen molar-refractivity contribution in [3.63, 3.8) is 0 Å². The Kier molecular flexibility index (Phi) is 3.73. The van der Waals surface area contributed by atoms with E-state index in [0.29, 0.717) is 17.4 Å². The van der Waals surface area contributed by atoms with Crippen LogP contribution in [0.15, 0.2) is 30.3 Å². The molecule has 120 valence electrons. The second-order valence-electron chi connectivity index (χ2n) is 5.59. The van der Waals surface area contributed by atoms with E-state index in [4.69, 9.17) is 5.11 Å². The van der Waals surface area contributed by atoms with Gasteiger partial charge in [-0.25, -0.2) is 9.78 Å². The Hall–Kier alpha value is -2.90. The highest BCUT2D eigenvalue weighted by atomic mass is 16.6. The SMILES string of the molecule is CN(C(=O)O)[C@@H]1CCN(c2ccc3cc([N+](=O)[O-])ccc3n2)C1. The Bertz CT molecular complexity index is 779. The molecular formula is C15H16N4O4. The second-order valence-corrected chi connectivity index (χ2v) is 5.59. The lowest BCUT2D eigenvalue weighted by atomic mass is 10.2. The molecule has 8 nitrogen and oxygen atoms in total. The number of non-ortho nitro benzene ring substituents is 1. The number of carbonyl (C=O) groups is 1. The molecule has 1 aliphatic rings. The molecule has 1 aliphatic heterocycles. The fraction of sp³-hybridized carbons (Fsp3) is 0.333. The summed E-state index contributed by atoms with van der Waals surface area (Å²) in [6, 6.07) is 8.13. The molecular weight excluding hydrogens is 300 g/mol.